The largest absolute Gasteiger partial charge is 0.420 e. The Balaban J connectivity index is 1.44. The molecule has 1 saturated heterocycles. The van der Waals surface area contributed by atoms with Gasteiger partial charge in [0.2, 0.25) is 5.95 Å². The average Bonchev–Trinajstić information content (AvgIpc) is 2.99. The maximum absolute atomic E-state index is 14.5. The second kappa shape index (κ2) is 13.4. The first-order valence-electron chi connectivity index (χ1n) is 14.1. The van der Waals surface area contributed by atoms with E-state index in [1.54, 1.807) is 37.6 Å². The van der Waals surface area contributed by atoms with E-state index >= 15 is 0 Å². The Hall–Kier alpha value is -4.67. The highest BCUT2D eigenvalue weighted by Crippen LogP contribution is 2.42. The fraction of sp³-hybridized carbons (Fsp3) is 0.300. The van der Waals surface area contributed by atoms with Crippen LogP contribution in [0.1, 0.15) is 27.2 Å². The zero-order valence-corrected chi connectivity index (χ0v) is 26.0. The Morgan fingerprint density at radius 1 is 1.04 bits per heavy atom. The number of piperazine rings is 1. The SMILES string of the molecule is Cc1ncc(NC(=O)c2ccc(CN3CCN(C)CC3)c(C(F)(F)F)c2OS(C)(=O)=O)cc1Nc1nccc(-c2cccnc2)n1. The van der Waals surface area contributed by atoms with Crippen LogP contribution in [-0.4, -0.2) is 83.5 Å². The number of nitrogens with zero attached hydrogens (tertiary/aromatic N) is 6. The standard InChI is InChI=1S/C30H31F3N8O4S/c1-19-25(39-29-35-10-8-24(38-29)20-5-4-9-34-16-20)15-22(17-36-19)37-28(42)23-7-6-21(18-41-13-11-40(2)12-14-41)26(30(31,32)33)27(23)45-46(3,43)44/h4-10,15-17H,11-14,18H2,1-3H3,(H,37,42)(H,35,38,39). The van der Waals surface area contributed by atoms with E-state index in [1.807, 2.05) is 18.0 Å². The number of carbonyl (C=O) groups is 1. The molecule has 1 aliphatic rings. The number of anilines is 3. The highest BCUT2D eigenvalue weighted by Gasteiger charge is 2.41. The first-order chi connectivity index (χ1) is 21.8. The number of aryl methyl sites for hydroxylation is 1. The van der Waals surface area contributed by atoms with Gasteiger partial charge in [-0.3, -0.25) is 19.7 Å². The van der Waals surface area contributed by atoms with Crippen LogP contribution in [0.25, 0.3) is 11.3 Å². The minimum absolute atomic E-state index is 0.105. The van der Waals surface area contributed by atoms with Gasteiger partial charge in [-0.25, -0.2) is 9.97 Å². The van der Waals surface area contributed by atoms with Gasteiger partial charge in [-0.05, 0) is 49.9 Å². The van der Waals surface area contributed by atoms with Gasteiger partial charge in [0, 0.05) is 56.9 Å². The van der Waals surface area contributed by atoms with Crippen molar-refractivity contribution in [2.75, 3.05) is 50.1 Å². The minimum Gasteiger partial charge on any atom is -0.381 e. The topological polar surface area (TPSA) is 143 Å². The number of benzene rings is 1. The van der Waals surface area contributed by atoms with Crippen molar-refractivity contribution >= 4 is 33.3 Å². The molecule has 46 heavy (non-hydrogen) atoms. The van der Waals surface area contributed by atoms with Gasteiger partial charge in [0.25, 0.3) is 5.91 Å². The van der Waals surface area contributed by atoms with Crippen LogP contribution < -0.4 is 14.8 Å². The number of amides is 1. The third-order valence-electron chi connectivity index (χ3n) is 7.20. The van der Waals surface area contributed by atoms with Gasteiger partial charge in [0.15, 0.2) is 5.75 Å². The Bertz CT molecular complexity index is 1830. The van der Waals surface area contributed by atoms with E-state index in [0.29, 0.717) is 49.5 Å². The van der Waals surface area contributed by atoms with Crippen molar-refractivity contribution < 1.29 is 30.6 Å². The molecule has 4 heterocycles. The molecule has 2 N–H and O–H groups in total. The minimum atomic E-state index is -5.02. The molecule has 12 nitrogen and oxygen atoms in total. The van der Waals surface area contributed by atoms with E-state index in [2.05, 4.69) is 35.5 Å². The fourth-order valence-electron chi connectivity index (χ4n) is 4.87. The van der Waals surface area contributed by atoms with Crippen LogP contribution in [0.2, 0.25) is 0 Å². The smallest absolute Gasteiger partial charge is 0.381 e. The number of pyridine rings is 2. The number of carbonyl (C=O) groups excluding carboxylic acids is 1. The molecule has 3 aromatic heterocycles. The summed E-state index contributed by atoms with van der Waals surface area (Å²) >= 11 is 0. The van der Waals surface area contributed by atoms with E-state index in [-0.39, 0.29) is 23.7 Å². The third kappa shape index (κ3) is 8.13. The van der Waals surface area contributed by atoms with E-state index in [9.17, 15) is 26.4 Å². The van der Waals surface area contributed by atoms with Gasteiger partial charge >= 0.3 is 16.3 Å². The molecule has 0 spiro atoms. The highest BCUT2D eigenvalue weighted by molar-refractivity contribution is 7.86. The Kier molecular flexibility index (Phi) is 9.50. The lowest BCUT2D eigenvalue weighted by molar-refractivity contribution is -0.139. The first kappa shape index (κ1) is 32.7. The van der Waals surface area contributed by atoms with Crippen LogP contribution in [0, 0.1) is 6.92 Å². The summed E-state index contributed by atoms with van der Waals surface area (Å²) in [5, 5.41) is 5.55. The lowest BCUT2D eigenvalue weighted by Crippen LogP contribution is -2.44. The van der Waals surface area contributed by atoms with Crippen LogP contribution in [0.4, 0.5) is 30.5 Å². The molecule has 0 unspecified atom stereocenters. The summed E-state index contributed by atoms with van der Waals surface area (Å²) in [6.45, 7) is 3.97. The molecular weight excluding hydrogens is 625 g/mol. The van der Waals surface area contributed by atoms with E-state index in [1.165, 1.54) is 18.3 Å². The molecule has 1 amide bonds. The number of rotatable bonds is 9. The zero-order valence-electron chi connectivity index (χ0n) is 25.2. The Morgan fingerprint density at radius 2 is 1.80 bits per heavy atom. The van der Waals surface area contributed by atoms with E-state index in [0.717, 1.165) is 11.6 Å². The quantitative estimate of drug-likeness (QED) is 0.249. The molecule has 0 radical (unpaired) electrons. The summed E-state index contributed by atoms with van der Waals surface area (Å²) in [6, 6.07) is 9.14. The van der Waals surface area contributed by atoms with Crippen LogP contribution >= 0.6 is 0 Å². The van der Waals surface area contributed by atoms with E-state index in [4.69, 9.17) is 4.18 Å². The van der Waals surface area contributed by atoms with Crippen molar-refractivity contribution in [1.29, 1.82) is 0 Å². The number of halogens is 3. The van der Waals surface area contributed by atoms with Gasteiger partial charge in [-0.15, -0.1) is 0 Å². The molecule has 0 aliphatic carbocycles. The van der Waals surface area contributed by atoms with Gasteiger partial charge in [-0.1, -0.05) is 6.07 Å². The molecule has 16 heteroatoms. The predicted molar refractivity (Wildman–Crippen MR) is 165 cm³/mol. The molecule has 0 bridgehead atoms. The number of aromatic nitrogens is 4. The van der Waals surface area contributed by atoms with Gasteiger partial charge in [0.1, 0.15) is 5.56 Å². The second-order valence-corrected chi connectivity index (χ2v) is 12.4. The normalized spacial score (nSPS) is 14.6. The van der Waals surface area contributed by atoms with Crippen molar-refractivity contribution in [2.45, 2.75) is 19.6 Å². The van der Waals surface area contributed by atoms with Gasteiger partial charge in [0.05, 0.1) is 40.8 Å². The molecule has 1 fully saturated rings. The lowest BCUT2D eigenvalue weighted by Gasteiger charge is -2.33. The average molecular weight is 657 g/mol. The Morgan fingerprint density at radius 3 is 2.48 bits per heavy atom. The predicted octanol–water partition coefficient (Wildman–Crippen LogP) is 4.34. The number of likely N-dealkylation sites (N-methyl/N-ethyl adjacent to an activating group) is 1. The summed E-state index contributed by atoms with van der Waals surface area (Å²) in [7, 11) is -2.54. The zero-order chi connectivity index (χ0) is 33.1. The van der Waals surface area contributed by atoms with E-state index < -0.39 is 39.1 Å². The number of hydrogen-bond donors (Lipinski definition) is 2. The first-order valence-corrected chi connectivity index (χ1v) is 15.9. The maximum atomic E-state index is 14.5. The van der Waals surface area contributed by atoms with Crippen LogP contribution in [-0.2, 0) is 22.8 Å². The van der Waals surface area contributed by atoms with Crippen molar-refractivity contribution in [3.63, 3.8) is 0 Å². The maximum Gasteiger partial charge on any atom is 0.420 e. The van der Waals surface area contributed by atoms with Crippen molar-refractivity contribution in [3.8, 4) is 17.0 Å². The molecule has 0 saturated carbocycles. The highest BCUT2D eigenvalue weighted by atomic mass is 32.2. The molecule has 242 valence electrons. The van der Waals surface area contributed by atoms with Gasteiger partial charge < -0.3 is 19.7 Å². The molecule has 1 aromatic carbocycles. The molecule has 0 atom stereocenters. The number of hydrogen-bond acceptors (Lipinski definition) is 11. The Labute approximate surface area is 263 Å². The van der Waals surface area contributed by atoms with Crippen LogP contribution in [0.5, 0.6) is 5.75 Å². The second-order valence-electron chi connectivity index (χ2n) is 10.8. The fourth-order valence-corrected chi connectivity index (χ4v) is 5.35. The summed E-state index contributed by atoms with van der Waals surface area (Å²) in [5.74, 6) is -1.88. The molecular formula is C30H31F3N8O4S. The summed E-state index contributed by atoms with van der Waals surface area (Å²) < 4.78 is 72.8. The number of alkyl halides is 3. The van der Waals surface area contributed by atoms with Crippen LogP contribution in [0.15, 0.2) is 61.2 Å². The summed E-state index contributed by atoms with van der Waals surface area (Å²) in [5.41, 5.74) is 0.279. The lowest BCUT2D eigenvalue weighted by atomic mass is 10.00. The third-order valence-corrected chi connectivity index (χ3v) is 7.67. The number of nitrogens with one attached hydrogen (secondary N) is 2. The molecule has 5 rings (SSSR count). The summed E-state index contributed by atoms with van der Waals surface area (Å²) in [4.78, 5) is 34.4. The monoisotopic (exact) mass is 656 g/mol. The molecule has 4 aromatic rings. The van der Waals surface area contributed by atoms with Crippen LogP contribution in [0.3, 0.4) is 0 Å². The van der Waals surface area contributed by atoms with Crippen molar-refractivity contribution in [3.05, 3.63) is 83.6 Å². The van der Waals surface area contributed by atoms with Crippen molar-refractivity contribution in [2.24, 2.45) is 0 Å². The van der Waals surface area contributed by atoms with Gasteiger partial charge in [-0.2, -0.15) is 21.6 Å². The summed E-state index contributed by atoms with van der Waals surface area (Å²) in [6.07, 6.45) is 1.76. The van der Waals surface area contributed by atoms with Crippen molar-refractivity contribution in [1.82, 2.24) is 29.7 Å². The molecule has 1 aliphatic heterocycles.